The van der Waals surface area contributed by atoms with Crippen LogP contribution in [0.2, 0.25) is 0 Å². The molecular weight excluding hydrogens is 462 g/mol. The van der Waals surface area contributed by atoms with Crippen LogP contribution in [-0.4, -0.2) is 23.4 Å². The molecule has 4 aromatic rings. The summed E-state index contributed by atoms with van der Waals surface area (Å²) in [5, 5.41) is 4.31. The number of nitrogens with zero attached hydrogens (tertiary/aromatic N) is 3. The number of benzene rings is 3. The number of halogens is 1. The van der Waals surface area contributed by atoms with Crippen LogP contribution < -0.4 is 9.64 Å². The van der Waals surface area contributed by atoms with Gasteiger partial charge >= 0.3 is 0 Å². The lowest BCUT2D eigenvalue weighted by molar-refractivity contribution is 0.411. The summed E-state index contributed by atoms with van der Waals surface area (Å²) < 4.78 is 8.51. The van der Waals surface area contributed by atoms with Crippen LogP contribution in [0.4, 0.5) is 5.69 Å². The maximum atomic E-state index is 5.51. The van der Waals surface area contributed by atoms with Crippen LogP contribution in [0.5, 0.6) is 5.75 Å². The zero-order valence-corrected chi connectivity index (χ0v) is 20.1. The molecule has 1 aliphatic rings. The highest BCUT2D eigenvalue weighted by atomic mass is 79.9. The van der Waals surface area contributed by atoms with Crippen LogP contribution in [0.25, 0.3) is 11.3 Å². The minimum Gasteiger partial charge on any atom is -0.497 e. The number of anilines is 1. The lowest BCUT2D eigenvalue weighted by Crippen LogP contribution is -2.49. The number of fused-ring (bicyclic) bond motifs is 1. The molecule has 0 N–H and O–H groups in total. The van der Waals surface area contributed by atoms with E-state index in [1.165, 1.54) is 27.9 Å². The van der Waals surface area contributed by atoms with Gasteiger partial charge in [-0.2, -0.15) is 5.10 Å². The standard InChI is InChI=1S/C27H26BrN3O/c1-27(21-6-8-22(28)9-7-21)25-13-12-24(32-3)18-20(25)15-17-31(27)23-10-4-19(5-11-23)26-14-16-29-30(26)2/h4-14,16,18H,15,17H2,1-3H3. The van der Waals surface area contributed by atoms with Gasteiger partial charge in [0.05, 0.1) is 18.3 Å². The Hall–Kier alpha value is -3.05. The Morgan fingerprint density at radius 3 is 2.38 bits per heavy atom. The summed E-state index contributed by atoms with van der Waals surface area (Å²) in [4.78, 5) is 2.53. The second-order valence-corrected chi connectivity index (χ2v) is 9.31. The van der Waals surface area contributed by atoms with E-state index >= 15 is 0 Å². The fraction of sp³-hybridized carbons (Fsp3) is 0.222. The van der Waals surface area contributed by atoms with E-state index in [1.54, 1.807) is 7.11 Å². The first kappa shape index (κ1) is 20.8. The van der Waals surface area contributed by atoms with Crippen molar-refractivity contribution in [3.63, 3.8) is 0 Å². The Labute approximate surface area is 197 Å². The molecule has 0 spiro atoms. The normalized spacial score (nSPS) is 17.8. The highest BCUT2D eigenvalue weighted by Gasteiger charge is 2.40. The SMILES string of the molecule is COc1ccc2c(c1)CCN(c1ccc(-c3ccnn3C)cc1)C2(C)c1ccc(Br)cc1. The fourth-order valence-electron chi connectivity index (χ4n) is 4.92. The van der Waals surface area contributed by atoms with Crippen LogP contribution in [0.15, 0.2) is 83.5 Å². The van der Waals surface area contributed by atoms with Crippen molar-refractivity contribution >= 4 is 21.6 Å². The molecule has 0 saturated heterocycles. The number of aromatic nitrogens is 2. The Morgan fingerprint density at radius 2 is 1.72 bits per heavy atom. The van der Waals surface area contributed by atoms with E-state index in [2.05, 4.69) is 99.6 Å². The van der Waals surface area contributed by atoms with Crippen LogP contribution in [0.3, 0.4) is 0 Å². The molecule has 0 amide bonds. The third-order valence-corrected chi connectivity index (χ3v) is 7.21. The second-order valence-electron chi connectivity index (χ2n) is 8.39. The van der Waals surface area contributed by atoms with E-state index in [-0.39, 0.29) is 5.54 Å². The molecule has 2 heterocycles. The van der Waals surface area contributed by atoms with Crippen molar-refractivity contribution in [2.45, 2.75) is 18.9 Å². The quantitative estimate of drug-likeness (QED) is 0.344. The molecule has 0 radical (unpaired) electrons. The van der Waals surface area contributed by atoms with Crippen molar-refractivity contribution in [1.82, 2.24) is 9.78 Å². The van der Waals surface area contributed by atoms with E-state index in [0.29, 0.717) is 0 Å². The lowest BCUT2D eigenvalue weighted by Gasteiger charge is -2.48. The second kappa shape index (κ2) is 8.14. The van der Waals surface area contributed by atoms with Gasteiger partial charge in [0.15, 0.2) is 0 Å². The molecule has 5 heteroatoms. The molecule has 1 atom stereocenters. The van der Waals surface area contributed by atoms with Crippen molar-refractivity contribution in [2.75, 3.05) is 18.6 Å². The third kappa shape index (κ3) is 3.41. The molecule has 32 heavy (non-hydrogen) atoms. The molecule has 0 bridgehead atoms. The summed E-state index contributed by atoms with van der Waals surface area (Å²) in [6, 6.07) is 26.1. The number of aryl methyl sites for hydroxylation is 1. The Bertz CT molecular complexity index is 1250. The predicted molar refractivity (Wildman–Crippen MR) is 133 cm³/mol. The summed E-state index contributed by atoms with van der Waals surface area (Å²) in [6.07, 6.45) is 2.81. The van der Waals surface area contributed by atoms with Crippen LogP contribution in [0.1, 0.15) is 23.6 Å². The number of hydrogen-bond acceptors (Lipinski definition) is 3. The molecule has 1 unspecified atom stereocenters. The molecule has 4 nitrogen and oxygen atoms in total. The van der Waals surface area contributed by atoms with Crippen molar-refractivity contribution < 1.29 is 4.74 Å². The van der Waals surface area contributed by atoms with E-state index < -0.39 is 0 Å². The third-order valence-electron chi connectivity index (χ3n) is 6.68. The minimum absolute atomic E-state index is 0.297. The average molecular weight is 488 g/mol. The van der Waals surface area contributed by atoms with E-state index in [9.17, 15) is 0 Å². The number of hydrogen-bond donors (Lipinski definition) is 0. The van der Waals surface area contributed by atoms with Gasteiger partial charge in [0.25, 0.3) is 0 Å². The van der Waals surface area contributed by atoms with Gasteiger partial charge in [-0.05, 0) is 78.1 Å². The first-order chi connectivity index (χ1) is 15.5. The Kier molecular flexibility index (Phi) is 5.30. The molecule has 0 aliphatic carbocycles. The van der Waals surface area contributed by atoms with Crippen molar-refractivity contribution in [1.29, 1.82) is 0 Å². The first-order valence-electron chi connectivity index (χ1n) is 10.8. The lowest BCUT2D eigenvalue weighted by atomic mass is 9.76. The minimum atomic E-state index is -0.297. The van der Waals surface area contributed by atoms with Gasteiger partial charge in [-0.1, -0.05) is 46.3 Å². The van der Waals surface area contributed by atoms with Gasteiger partial charge in [0, 0.05) is 29.9 Å². The molecule has 162 valence electrons. The molecule has 0 fully saturated rings. The molecular formula is C27H26BrN3O. The average Bonchev–Trinajstić information content (AvgIpc) is 3.25. The van der Waals surface area contributed by atoms with E-state index in [1.807, 2.05) is 24.0 Å². The van der Waals surface area contributed by atoms with Gasteiger partial charge in [-0.3, -0.25) is 4.68 Å². The van der Waals surface area contributed by atoms with Crippen LogP contribution in [-0.2, 0) is 19.0 Å². The molecule has 5 rings (SSSR count). The molecule has 1 aromatic heterocycles. The monoisotopic (exact) mass is 487 g/mol. The highest BCUT2D eigenvalue weighted by Crippen LogP contribution is 2.44. The Balaban J connectivity index is 1.62. The first-order valence-corrected chi connectivity index (χ1v) is 11.6. The molecule has 0 saturated carbocycles. The van der Waals surface area contributed by atoms with Gasteiger partial charge in [0.2, 0.25) is 0 Å². The van der Waals surface area contributed by atoms with E-state index in [0.717, 1.165) is 28.9 Å². The van der Waals surface area contributed by atoms with E-state index in [4.69, 9.17) is 4.74 Å². The van der Waals surface area contributed by atoms with Crippen LogP contribution in [0, 0.1) is 0 Å². The predicted octanol–water partition coefficient (Wildman–Crippen LogP) is 6.18. The fourth-order valence-corrected chi connectivity index (χ4v) is 5.19. The summed E-state index contributed by atoms with van der Waals surface area (Å²) in [6.45, 7) is 3.26. The number of ether oxygens (including phenoxy) is 1. The molecule has 1 aliphatic heterocycles. The largest absolute Gasteiger partial charge is 0.497 e. The maximum absolute atomic E-state index is 5.51. The van der Waals surface area contributed by atoms with Gasteiger partial charge in [-0.15, -0.1) is 0 Å². The number of methoxy groups -OCH3 is 1. The summed E-state index contributed by atoms with van der Waals surface area (Å²) in [5.41, 5.74) is 7.13. The van der Waals surface area contributed by atoms with Crippen molar-refractivity contribution in [2.24, 2.45) is 7.05 Å². The van der Waals surface area contributed by atoms with Gasteiger partial charge < -0.3 is 9.64 Å². The zero-order valence-electron chi connectivity index (χ0n) is 18.5. The van der Waals surface area contributed by atoms with Crippen molar-refractivity contribution in [3.8, 4) is 17.0 Å². The number of rotatable bonds is 4. The zero-order chi connectivity index (χ0) is 22.3. The van der Waals surface area contributed by atoms with Crippen LogP contribution >= 0.6 is 15.9 Å². The smallest absolute Gasteiger partial charge is 0.119 e. The topological polar surface area (TPSA) is 30.3 Å². The summed E-state index contributed by atoms with van der Waals surface area (Å²) in [5.74, 6) is 0.913. The Morgan fingerprint density at radius 1 is 0.969 bits per heavy atom. The summed E-state index contributed by atoms with van der Waals surface area (Å²) >= 11 is 3.59. The molecule has 3 aromatic carbocycles. The summed E-state index contributed by atoms with van der Waals surface area (Å²) in [7, 11) is 3.71. The highest BCUT2D eigenvalue weighted by molar-refractivity contribution is 9.10. The van der Waals surface area contributed by atoms with Crippen molar-refractivity contribution in [3.05, 3.63) is 100 Å². The maximum Gasteiger partial charge on any atom is 0.119 e. The van der Waals surface area contributed by atoms with Gasteiger partial charge in [0.1, 0.15) is 5.75 Å². The van der Waals surface area contributed by atoms with Gasteiger partial charge in [-0.25, -0.2) is 0 Å².